The third kappa shape index (κ3) is 3.26. The Morgan fingerprint density at radius 1 is 1.40 bits per heavy atom. The van der Waals surface area contributed by atoms with Gasteiger partial charge in [-0.25, -0.2) is 9.97 Å². The zero-order valence-electron chi connectivity index (χ0n) is 8.10. The Bertz CT molecular complexity index is 337. The SMILES string of the molecule is CCc1c(N)ncnc1NCC(F)(F)F. The highest BCUT2D eigenvalue weighted by Gasteiger charge is 2.27. The van der Waals surface area contributed by atoms with Crippen molar-refractivity contribution in [3.05, 3.63) is 11.9 Å². The van der Waals surface area contributed by atoms with E-state index >= 15 is 0 Å². The largest absolute Gasteiger partial charge is 0.405 e. The van der Waals surface area contributed by atoms with Gasteiger partial charge < -0.3 is 11.1 Å². The molecule has 0 atom stereocenters. The summed E-state index contributed by atoms with van der Waals surface area (Å²) in [5.74, 6) is 0.347. The van der Waals surface area contributed by atoms with Gasteiger partial charge >= 0.3 is 6.18 Å². The molecule has 0 aromatic carbocycles. The summed E-state index contributed by atoms with van der Waals surface area (Å²) in [7, 11) is 0. The molecule has 84 valence electrons. The minimum Gasteiger partial charge on any atom is -0.383 e. The first-order valence-electron chi connectivity index (χ1n) is 4.34. The lowest BCUT2D eigenvalue weighted by atomic mass is 10.2. The highest BCUT2D eigenvalue weighted by atomic mass is 19.4. The molecule has 0 unspecified atom stereocenters. The van der Waals surface area contributed by atoms with Crippen LogP contribution in [0.2, 0.25) is 0 Å². The van der Waals surface area contributed by atoms with E-state index in [1.165, 1.54) is 0 Å². The summed E-state index contributed by atoms with van der Waals surface area (Å²) in [6.07, 6.45) is -2.66. The van der Waals surface area contributed by atoms with Crippen molar-refractivity contribution in [2.75, 3.05) is 17.6 Å². The molecule has 1 aromatic rings. The van der Waals surface area contributed by atoms with Crippen molar-refractivity contribution in [1.29, 1.82) is 0 Å². The molecule has 4 nitrogen and oxygen atoms in total. The van der Waals surface area contributed by atoms with Gasteiger partial charge in [-0.05, 0) is 6.42 Å². The Morgan fingerprint density at radius 2 is 2.07 bits per heavy atom. The van der Waals surface area contributed by atoms with E-state index in [0.29, 0.717) is 12.0 Å². The third-order valence-corrected chi connectivity index (χ3v) is 1.79. The maximum Gasteiger partial charge on any atom is 0.405 e. The maximum atomic E-state index is 11.9. The van der Waals surface area contributed by atoms with E-state index in [4.69, 9.17) is 5.73 Å². The van der Waals surface area contributed by atoms with Gasteiger partial charge in [0.05, 0.1) is 0 Å². The molecule has 0 spiro atoms. The van der Waals surface area contributed by atoms with E-state index in [1.54, 1.807) is 6.92 Å². The summed E-state index contributed by atoms with van der Waals surface area (Å²) in [5, 5.41) is 2.19. The summed E-state index contributed by atoms with van der Waals surface area (Å²) < 4.78 is 35.8. The number of nitrogen functional groups attached to an aromatic ring is 1. The molecule has 0 aliphatic rings. The molecule has 0 saturated heterocycles. The average molecular weight is 220 g/mol. The molecular weight excluding hydrogens is 209 g/mol. The van der Waals surface area contributed by atoms with Crippen molar-refractivity contribution < 1.29 is 13.2 Å². The van der Waals surface area contributed by atoms with Gasteiger partial charge in [0.2, 0.25) is 0 Å². The number of rotatable bonds is 3. The first-order chi connectivity index (χ1) is 6.94. The van der Waals surface area contributed by atoms with Gasteiger partial charge in [-0.1, -0.05) is 6.92 Å². The van der Waals surface area contributed by atoms with Crippen molar-refractivity contribution in [3.63, 3.8) is 0 Å². The number of anilines is 2. The molecule has 1 aromatic heterocycles. The fraction of sp³-hybridized carbons (Fsp3) is 0.500. The van der Waals surface area contributed by atoms with Crippen molar-refractivity contribution in [2.24, 2.45) is 0 Å². The minimum atomic E-state index is -4.27. The Balaban J connectivity index is 2.81. The van der Waals surface area contributed by atoms with Gasteiger partial charge in [-0.2, -0.15) is 13.2 Å². The maximum absolute atomic E-state index is 11.9. The molecule has 0 radical (unpaired) electrons. The normalized spacial score (nSPS) is 11.5. The molecular formula is C8H11F3N4. The van der Waals surface area contributed by atoms with Crippen molar-refractivity contribution in [1.82, 2.24) is 9.97 Å². The molecule has 0 aliphatic heterocycles. The second-order valence-electron chi connectivity index (χ2n) is 2.91. The molecule has 0 amide bonds. The molecule has 1 rings (SSSR count). The van der Waals surface area contributed by atoms with E-state index < -0.39 is 12.7 Å². The van der Waals surface area contributed by atoms with Gasteiger partial charge in [0, 0.05) is 5.56 Å². The Kier molecular flexibility index (Phi) is 3.33. The van der Waals surface area contributed by atoms with Crippen LogP contribution in [-0.4, -0.2) is 22.7 Å². The number of hydrogen-bond acceptors (Lipinski definition) is 4. The monoisotopic (exact) mass is 220 g/mol. The second kappa shape index (κ2) is 4.33. The van der Waals surface area contributed by atoms with E-state index in [2.05, 4.69) is 15.3 Å². The predicted molar refractivity (Wildman–Crippen MR) is 50.4 cm³/mol. The first kappa shape index (κ1) is 11.5. The van der Waals surface area contributed by atoms with Crippen molar-refractivity contribution in [2.45, 2.75) is 19.5 Å². The smallest absolute Gasteiger partial charge is 0.383 e. The Morgan fingerprint density at radius 3 is 2.60 bits per heavy atom. The highest BCUT2D eigenvalue weighted by molar-refractivity contribution is 5.54. The summed E-state index contributed by atoms with van der Waals surface area (Å²) in [5.41, 5.74) is 6.00. The lowest BCUT2D eigenvalue weighted by Crippen LogP contribution is -2.22. The fourth-order valence-electron chi connectivity index (χ4n) is 1.11. The van der Waals surface area contributed by atoms with Gasteiger partial charge in [0.1, 0.15) is 24.5 Å². The summed E-state index contributed by atoms with van der Waals surface area (Å²) in [6.45, 7) is 0.643. The molecule has 0 aliphatic carbocycles. The van der Waals surface area contributed by atoms with E-state index in [9.17, 15) is 13.2 Å². The number of nitrogens with zero attached hydrogens (tertiary/aromatic N) is 2. The number of nitrogens with two attached hydrogens (primary N) is 1. The fourth-order valence-corrected chi connectivity index (χ4v) is 1.11. The minimum absolute atomic E-state index is 0.141. The summed E-state index contributed by atoms with van der Waals surface area (Å²) in [4.78, 5) is 7.41. The lowest BCUT2D eigenvalue weighted by molar-refractivity contribution is -0.115. The zero-order chi connectivity index (χ0) is 11.5. The topological polar surface area (TPSA) is 63.8 Å². The van der Waals surface area contributed by atoms with Gasteiger partial charge in [-0.3, -0.25) is 0 Å². The van der Waals surface area contributed by atoms with E-state index in [1.807, 2.05) is 0 Å². The van der Waals surface area contributed by atoms with Crippen molar-refractivity contribution >= 4 is 11.6 Å². The molecule has 0 fully saturated rings. The van der Waals surface area contributed by atoms with Crippen LogP contribution in [0.5, 0.6) is 0 Å². The Hall–Kier alpha value is -1.53. The van der Waals surface area contributed by atoms with Crippen LogP contribution in [0.1, 0.15) is 12.5 Å². The highest BCUT2D eigenvalue weighted by Crippen LogP contribution is 2.20. The predicted octanol–water partition coefficient (Wildman–Crippen LogP) is 1.60. The molecule has 15 heavy (non-hydrogen) atoms. The average Bonchev–Trinajstić information content (AvgIpc) is 2.13. The number of alkyl halides is 3. The van der Waals surface area contributed by atoms with Crippen molar-refractivity contribution in [3.8, 4) is 0 Å². The Labute approximate surface area is 84.7 Å². The molecule has 1 heterocycles. The first-order valence-corrected chi connectivity index (χ1v) is 4.34. The molecule has 0 bridgehead atoms. The molecule has 0 saturated carbocycles. The van der Waals surface area contributed by atoms with Gasteiger partial charge in [-0.15, -0.1) is 0 Å². The summed E-state index contributed by atoms with van der Waals surface area (Å²) >= 11 is 0. The van der Waals surface area contributed by atoms with Crippen LogP contribution in [0.4, 0.5) is 24.8 Å². The van der Waals surface area contributed by atoms with Crippen LogP contribution in [0.3, 0.4) is 0 Å². The van der Waals surface area contributed by atoms with Crippen LogP contribution in [0.25, 0.3) is 0 Å². The number of halogens is 3. The summed E-state index contributed by atoms with van der Waals surface area (Å²) in [6, 6.07) is 0. The molecule has 7 heteroatoms. The lowest BCUT2D eigenvalue weighted by Gasteiger charge is -2.12. The van der Waals surface area contributed by atoms with Crippen LogP contribution in [0, 0.1) is 0 Å². The number of hydrogen-bond donors (Lipinski definition) is 2. The van der Waals surface area contributed by atoms with Gasteiger partial charge in [0.25, 0.3) is 0 Å². The molecule has 3 N–H and O–H groups in total. The zero-order valence-corrected chi connectivity index (χ0v) is 8.10. The second-order valence-corrected chi connectivity index (χ2v) is 2.91. The number of nitrogens with one attached hydrogen (secondary N) is 1. The number of aromatic nitrogens is 2. The van der Waals surface area contributed by atoms with E-state index in [0.717, 1.165) is 6.33 Å². The standard InChI is InChI=1S/C8H11F3N4/c1-2-5-6(12)14-4-15-7(5)13-3-8(9,10)11/h4H,2-3H2,1H3,(H3,12,13,14,15). The quantitative estimate of drug-likeness (QED) is 0.812. The van der Waals surface area contributed by atoms with Crippen LogP contribution in [-0.2, 0) is 6.42 Å². The van der Waals surface area contributed by atoms with E-state index in [-0.39, 0.29) is 11.6 Å². The van der Waals surface area contributed by atoms with Crippen LogP contribution < -0.4 is 11.1 Å². The van der Waals surface area contributed by atoms with Gasteiger partial charge in [0.15, 0.2) is 0 Å². The van der Waals surface area contributed by atoms with Crippen LogP contribution >= 0.6 is 0 Å². The van der Waals surface area contributed by atoms with Crippen LogP contribution in [0.15, 0.2) is 6.33 Å². The third-order valence-electron chi connectivity index (χ3n) is 1.79.